The molecule has 25 heavy (non-hydrogen) atoms. The lowest BCUT2D eigenvalue weighted by molar-refractivity contribution is 0.0720. The Hall–Kier alpha value is -3.11. The van der Waals surface area contributed by atoms with Gasteiger partial charge in [0.15, 0.2) is 0 Å². The van der Waals surface area contributed by atoms with E-state index in [0.29, 0.717) is 11.5 Å². The van der Waals surface area contributed by atoms with Gasteiger partial charge in [0, 0.05) is 0 Å². The van der Waals surface area contributed by atoms with Crippen molar-refractivity contribution < 1.29 is 19.1 Å². The number of rotatable bonds is 4. The van der Waals surface area contributed by atoms with E-state index in [-0.39, 0.29) is 16.1 Å². The molecule has 4 nitrogen and oxygen atoms in total. The van der Waals surface area contributed by atoms with E-state index in [1.54, 1.807) is 48.5 Å². The number of carbonyl (C=O) groups is 2. The van der Waals surface area contributed by atoms with Crippen molar-refractivity contribution in [1.82, 2.24) is 0 Å². The Morgan fingerprint density at radius 2 is 1.20 bits per heavy atom. The van der Waals surface area contributed by atoms with E-state index in [0.717, 1.165) is 0 Å². The van der Waals surface area contributed by atoms with Gasteiger partial charge in [-0.25, -0.2) is 9.59 Å². The number of hydrogen-bond acceptors (Lipinski definition) is 4. The fraction of sp³-hybridized carbons (Fsp3) is 0. The number of halogens is 1. The fourth-order valence-corrected chi connectivity index (χ4v) is 2.37. The first kappa shape index (κ1) is 16.7. The molecule has 0 saturated carbocycles. The van der Waals surface area contributed by atoms with Crippen LogP contribution in [0.5, 0.6) is 11.5 Å². The third-order valence-electron chi connectivity index (χ3n) is 3.33. The van der Waals surface area contributed by atoms with Crippen LogP contribution in [0.3, 0.4) is 0 Å². The molecule has 0 bridgehead atoms. The maximum atomic E-state index is 12.2. The molecule has 0 unspecified atom stereocenters. The van der Waals surface area contributed by atoms with E-state index in [1.165, 1.54) is 18.2 Å². The summed E-state index contributed by atoms with van der Waals surface area (Å²) in [6.07, 6.45) is 0. The zero-order valence-corrected chi connectivity index (χ0v) is 13.8. The minimum Gasteiger partial charge on any atom is -0.423 e. The van der Waals surface area contributed by atoms with E-state index in [4.69, 9.17) is 21.1 Å². The Morgan fingerprint density at radius 3 is 1.72 bits per heavy atom. The summed E-state index contributed by atoms with van der Waals surface area (Å²) in [6, 6.07) is 21.6. The Morgan fingerprint density at radius 1 is 0.680 bits per heavy atom. The van der Waals surface area contributed by atoms with Gasteiger partial charge in [0.1, 0.15) is 11.5 Å². The van der Waals surface area contributed by atoms with Crippen molar-refractivity contribution in [2.75, 3.05) is 0 Å². The highest BCUT2D eigenvalue weighted by atomic mass is 35.5. The molecule has 3 rings (SSSR count). The average Bonchev–Trinajstić information content (AvgIpc) is 2.63. The summed E-state index contributed by atoms with van der Waals surface area (Å²) in [7, 11) is 0. The molecule has 0 aromatic heterocycles. The van der Waals surface area contributed by atoms with Gasteiger partial charge >= 0.3 is 11.9 Å². The molecule has 0 fully saturated rings. The molecule has 0 aliphatic heterocycles. The largest absolute Gasteiger partial charge is 0.423 e. The second kappa shape index (κ2) is 7.64. The SMILES string of the molecule is O=C(Oc1ccccc1)c1ccc(C(=O)Oc2ccccc2)c(Cl)c1. The number of benzene rings is 3. The van der Waals surface area contributed by atoms with Gasteiger partial charge in [-0.15, -0.1) is 0 Å². The Bertz CT molecular complexity index is 892. The molecule has 0 aliphatic rings. The molecular weight excluding hydrogens is 340 g/mol. The van der Waals surface area contributed by atoms with Gasteiger partial charge in [0.05, 0.1) is 16.1 Å². The first-order valence-electron chi connectivity index (χ1n) is 7.47. The molecule has 0 radical (unpaired) electrons. The Balaban J connectivity index is 1.74. The van der Waals surface area contributed by atoms with Crippen LogP contribution in [-0.4, -0.2) is 11.9 Å². The van der Waals surface area contributed by atoms with Gasteiger partial charge in [0.2, 0.25) is 0 Å². The minimum absolute atomic E-state index is 0.114. The fourth-order valence-electron chi connectivity index (χ4n) is 2.11. The maximum absolute atomic E-state index is 12.2. The topological polar surface area (TPSA) is 52.6 Å². The van der Waals surface area contributed by atoms with Gasteiger partial charge in [-0.1, -0.05) is 48.0 Å². The number of esters is 2. The third kappa shape index (κ3) is 4.25. The van der Waals surface area contributed by atoms with Crippen molar-refractivity contribution in [1.29, 1.82) is 0 Å². The second-order valence-corrected chi connectivity index (χ2v) is 5.51. The molecular formula is C20H13ClO4. The van der Waals surface area contributed by atoms with Crippen LogP contribution >= 0.6 is 11.6 Å². The van der Waals surface area contributed by atoms with Crippen LogP contribution in [0.4, 0.5) is 0 Å². The molecule has 124 valence electrons. The summed E-state index contributed by atoms with van der Waals surface area (Å²) in [5.74, 6) is -0.317. The number of hydrogen-bond donors (Lipinski definition) is 0. The summed E-state index contributed by atoms with van der Waals surface area (Å²) < 4.78 is 10.5. The lowest BCUT2D eigenvalue weighted by atomic mass is 10.1. The molecule has 0 amide bonds. The number of carbonyl (C=O) groups excluding carboxylic acids is 2. The number of para-hydroxylation sites is 2. The van der Waals surface area contributed by atoms with E-state index < -0.39 is 11.9 Å². The van der Waals surface area contributed by atoms with Crippen molar-refractivity contribution in [2.45, 2.75) is 0 Å². The maximum Gasteiger partial charge on any atom is 0.345 e. The van der Waals surface area contributed by atoms with Crippen LogP contribution in [0, 0.1) is 0 Å². The van der Waals surface area contributed by atoms with E-state index >= 15 is 0 Å². The highest BCUT2D eigenvalue weighted by molar-refractivity contribution is 6.34. The average molecular weight is 353 g/mol. The van der Waals surface area contributed by atoms with E-state index in [9.17, 15) is 9.59 Å². The Labute approximate surface area is 149 Å². The molecule has 0 saturated heterocycles. The van der Waals surface area contributed by atoms with Crippen molar-refractivity contribution >= 4 is 23.5 Å². The quantitative estimate of drug-likeness (QED) is 0.501. The Kier molecular flexibility index (Phi) is 5.11. The normalized spacial score (nSPS) is 10.1. The first-order chi connectivity index (χ1) is 12.1. The van der Waals surface area contributed by atoms with Gasteiger partial charge in [-0.3, -0.25) is 0 Å². The summed E-state index contributed by atoms with van der Waals surface area (Å²) >= 11 is 6.13. The van der Waals surface area contributed by atoms with Gasteiger partial charge < -0.3 is 9.47 Å². The second-order valence-electron chi connectivity index (χ2n) is 5.10. The van der Waals surface area contributed by atoms with Crippen LogP contribution in [0.1, 0.15) is 20.7 Å². The van der Waals surface area contributed by atoms with Gasteiger partial charge in [-0.2, -0.15) is 0 Å². The standard InChI is InChI=1S/C20H13ClO4/c21-18-13-14(19(22)24-15-7-3-1-4-8-15)11-12-17(18)20(23)25-16-9-5-2-6-10-16/h1-13H. The van der Waals surface area contributed by atoms with Gasteiger partial charge in [-0.05, 0) is 42.5 Å². The zero-order valence-electron chi connectivity index (χ0n) is 13.0. The van der Waals surface area contributed by atoms with E-state index in [2.05, 4.69) is 0 Å². The van der Waals surface area contributed by atoms with Gasteiger partial charge in [0.25, 0.3) is 0 Å². The first-order valence-corrected chi connectivity index (χ1v) is 7.85. The molecule has 3 aromatic carbocycles. The molecule has 0 aliphatic carbocycles. The van der Waals surface area contributed by atoms with Crippen LogP contribution in [0.15, 0.2) is 78.9 Å². The highest BCUT2D eigenvalue weighted by Gasteiger charge is 2.16. The predicted octanol–water partition coefficient (Wildman–Crippen LogP) is 4.78. The molecule has 0 N–H and O–H groups in total. The lowest BCUT2D eigenvalue weighted by Crippen LogP contribution is -2.12. The molecule has 0 atom stereocenters. The lowest BCUT2D eigenvalue weighted by Gasteiger charge is -2.08. The van der Waals surface area contributed by atoms with Crippen molar-refractivity contribution in [3.63, 3.8) is 0 Å². The highest BCUT2D eigenvalue weighted by Crippen LogP contribution is 2.21. The summed E-state index contributed by atoms with van der Waals surface area (Å²) in [5, 5.41) is 0.114. The number of ether oxygens (including phenoxy) is 2. The molecule has 0 spiro atoms. The summed E-state index contributed by atoms with van der Waals surface area (Å²) in [4.78, 5) is 24.3. The van der Waals surface area contributed by atoms with Crippen molar-refractivity contribution in [3.8, 4) is 11.5 Å². The van der Waals surface area contributed by atoms with Crippen LogP contribution in [-0.2, 0) is 0 Å². The molecule has 0 heterocycles. The van der Waals surface area contributed by atoms with Crippen molar-refractivity contribution in [2.24, 2.45) is 0 Å². The summed E-state index contributed by atoms with van der Waals surface area (Å²) in [5.41, 5.74) is 0.409. The van der Waals surface area contributed by atoms with E-state index in [1.807, 2.05) is 12.1 Å². The predicted molar refractivity (Wildman–Crippen MR) is 94.3 cm³/mol. The van der Waals surface area contributed by atoms with Crippen LogP contribution < -0.4 is 9.47 Å². The van der Waals surface area contributed by atoms with Crippen LogP contribution in [0.25, 0.3) is 0 Å². The summed E-state index contributed by atoms with van der Waals surface area (Å²) in [6.45, 7) is 0. The molecule has 5 heteroatoms. The van der Waals surface area contributed by atoms with Crippen LogP contribution in [0.2, 0.25) is 5.02 Å². The zero-order chi connectivity index (χ0) is 17.6. The smallest absolute Gasteiger partial charge is 0.345 e. The van der Waals surface area contributed by atoms with Crippen molar-refractivity contribution in [3.05, 3.63) is 95.0 Å². The monoisotopic (exact) mass is 352 g/mol. The molecule has 3 aromatic rings. The third-order valence-corrected chi connectivity index (χ3v) is 3.64. The minimum atomic E-state index is -0.598.